The van der Waals surface area contributed by atoms with Gasteiger partial charge in [0.05, 0.1) is 0 Å². The second-order valence-corrected chi connectivity index (χ2v) is 5.22. The first kappa shape index (κ1) is 13.1. The number of allylic oxidation sites excluding steroid dienone is 2. The molecule has 0 spiro atoms. The molecule has 0 aromatic carbocycles. The number of nitrogens with zero attached hydrogens (tertiary/aromatic N) is 1. The van der Waals surface area contributed by atoms with Gasteiger partial charge in [0.25, 0.3) is 0 Å². The van der Waals surface area contributed by atoms with E-state index in [1.165, 1.54) is 0 Å². The summed E-state index contributed by atoms with van der Waals surface area (Å²) in [6.45, 7) is 7.33. The molecule has 92 valence electrons. The van der Waals surface area contributed by atoms with Gasteiger partial charge >= 0.3 is 6.09 Å². The lowest BCUT2D eigenvalue weighted by Gasteiger charge is -2.27. The summed E-state index contributed by atoms with van der Waals surface area (Å²) >= 11 is 0. The van der Waals surface area contributed by atoms with Crippen LogP contribution < -0.4 is 0 Å². The first-order chi connectivity index (χ1) is 7.49. The van der Waals surface area contributed by atoms with Crippen molar-refractivity contribution in [1.82, 2.24) is 4.90 Å². The fourth-order valence-electron chi connectivity index (χ4n) is 1.66. The maximum absolute atomic E-state index is 11.9. The average Bonchev–Trinajstić information content (AvgIpc) is 2.27. The zero-order valence-electron chi connectivity index (χ0n) is 10.7. The third-order valence-corrected chi connectivity index (χ3v) is 2.42. The summed E-state index contributed by atoms with van der Waals surface area (Å²) in [6.07, 6.45) is 8.40. The first-order valence-corrected chi connectivity index (χ1v) is 6.12. The molecule has 0 fully saturated rings. The minimum absolute atomic E-state index is 0.172. The van der Waals surface area contributed by atoms with Crippen molar-refractivity contribution in [2.24, 2.45) is 0 Å². The van der Waals surface area contributed by atoms with Gasteiger partial charge in [-0.2, -0.15) is 0 Å². The molecule has 16 heavy (non-hydrogen) atoms. The molecule has 0 atom stereocenters. The van der Waals surface area contributed by atoms with E-state index in [1.807, 2.05) is 25.7 Å². The SMILES string of the molecule is CC(C)(C)OC(=O)N1CCC/C=C/CCC1. The smallest absolute Gasteiger partial charge is 0.410 e. The van der Waals surface area contributed by atoms with Gasteiger partial charge in [-0.3, -0.25) is 0 Å². The molecular formula is C13H23NO2. The molecule has 1 rings (SSSR count). The van der Waals surface area contributed by atoms with E-state index in [-0.39, 0.29) is 6.09 Å². The van der Waals surface area contributed by atoms with Crippen LogP contribution in [0.4, 0.5) is 4.79 Å². The summed E-state index contributed by atoms with van der Waals surface area (Å²) in [5.74, 6) is 0. The Morgan fingerprint density at radius 2 is 1.62 bits per heavy atom. The minimum atomic E-state index is -0.395. The summed E-state index contributed by atoms with van der Waals surface area (Å²) < 4.78 is 5.38. The fourth-order valence-corrected chi connectivity index (χ4v) is 1.66. The van der Waals surface area contributed by atoms with Gasteiger partial charge in [-0.25, -0.2) is 4.79 Å². The summed E-state index contributed by atoms with van der Waals surface area (Å²) in [6, 6.07) is 0. The van der Waals surface area contributed by atoms with Crippen LogP contribution in [0, 0.1) is 0 Å². The Labute approximate surface area is 98.5 Å². The van der Waals surface area contributed by atoms with E-state index in [4.69, 9.17) is 4.74 Å². The van der Waals surface area contributed by atoms with Crippen molar-refractivity contribution < 1.29 is 9.53 Å². The number of amides is 1. The highest BCUT2D eigenvalue weighted by Gasteiger charge is 2.21. The largest absolute Gasteiger partial charge is 0.444 e. The van der Waals surface area contributed by atoms with Crippen molar-refractivity contribution in [2.45, 2.75) is 52.1 Å². The molecule has 0 saturated heterocycles. The van der Waals surface area contributed by atoms with E-state index in [0.29, 0.717) is 0 Å². The van der Waals surface area contributed by atoms with E-state index in [2.05, 4.69) is 12.2 Å². The van der Waals surface area contributed by atoms with E-state index in [1.54, 1.807) is 0 Å². The standard InChI is InChI=1S/C13H23NO2/c1-13(2,3)16-12(15)14-10-8-6-4-5-7-9-11-14/h4-5H,6-11H2,1-3H3/b5-4+. The predicted octanol–water partition coefficient (Wildman–Crippen LogP) is 3.35. The second-order valence-electron chi connectivity index (χ2n) is 5.22. The molecule has 1 aliphatic rings. The van der Waals surface area contributed by atoms with Crippen molar-refractivity contribution in [3.8, 4) is 0 Å². The third-order valence-electron chi connectivity index (χ3n) is 2.42. The second kappa shape index (κ2) is 5.92. The van der Waals surface area contributed by atoms with Crippen molar-refractivity contribution in [1.29, 1.82) is 0 Å². The molecule has 0 aromatic rings. The van der Waals surface area contributed by atoms with E-state index in [9.17, 15) is 4.79 Å². The van der Waals surface area contributed by atoms with Crippen molar-refractivity contribution in [3.05, 3.63) is 12.2 Å². The number of carbonyl (C=O) groups excluding carboxylic acids is 1. The molecule has 1 aliphatic heterocycles. The first-order valence-electron chi connectivity index (χ1n) is 6.12. The quantitative estimate of drug-likeness (QED) is 0.592. The molecule has 1 amide bonds. The van der Waals surface area contributed by atoms with Gasteiger partial charge in [0.15, 0.2) is 0 Å². The third kappa shape index (κ3) is 5.19. The fraction of sp³-hybridized carbons (Fsp3) is 0.769. The van der Waals surface area contributed by atoms with Crippen molar-refractivity contribution in [3.63, 3.8) is 0 Å². The highest BCUT2D eigenvalue weighted by molar-refractivity contribution is 5.68. The molecule has 0 bridgehead atoms. The van der Waals surface area contributed by atoms with Crippen molar-refractivity contribution in [2.75, 3.05) is 13.1 Å². The Balaban J connectivity index is 2.47. The van der Waals surface area contributed by atoms with Crippen LogP contribution in [0.5, 0.6) is 0 Å². The van der Waals surface area contributed by atoms with Gasteiger partial charge in [0.2, 0.25) is 0 Å². The molecule has 0 aromatic heterocycles. The molecule has 3 heteroatoms. The van der Waals surface area contributed by atoms with E-state index >= 15 is 0 Å². The van der Waals surface area contributed by atoms with Crippen LogP contribution in [0.25, 0.3) is 0 Å². The highest BCUT2D eigenvalue weighted by Crippen LogP contribution is 2.12. The van der Waals surface area contributed by atoms with Gasteiger partial charge in [-0.15, -0.1) is 0 Å². The normalized spacial score (nSPS) is 20.6. The summed E-state index contributed by atoms with van der Waals surface area (Å²) in [4.78, 5) is 13.7. The number of carbonyl (C=O) groups is 1. The molecule has 1 heterocycles. The maximum Gasteiger partial charge on any atom is 0.410 e. The predicted molar refractivity (Wildman–Crippen MR) is 65.4 cm³/mol. The van der Waals surface area contributed by atoms with Crippen molar-refractivity contribution >= 4 is 6.09 Å². The monoisotopic (exact) mass is 225 g/mol. The average molecular weight is 225 g/mol. The van der Waals surface area contributed by atoms with Gasteiger partial charge < -0.3 is 9.64 Å². The van der Waals surface area contributed by atoms with E-state index in [0.717, 1.165) is 38.8 Å². The number of hydrogen-bond acceptors (Lipinski definition) is 2. The summed E-state index contributed by atoms with van der Waals surface area (Å²) in [7, 11) is 0. The number of hydrogen-bond donors (Lipinski definition) is 0. The Bertz CT molecular complexity index is 241. The molecule has 3 nitrogen and oxygen atoms in total. The van der Waals surface area contributed by atoms with Crippen LogP contribution in [0.3, 0.4) is 0 Å². The molecule has 0 unspecified atom stereocenters. The molecule has 0 radical (unpaired) electrons. The lowest BCUT2D eigenvalue weighted by molar-refractivity contribution is 0.0247. The molecule has 0 aliphatic carbocycles. The molecular weight excluding hydrogens is 202 g/mol. The van der Waals surface area contributed by atoms with Gasteiger partial charge in [-0.05, 0) is 46.5 Å². The van der Waals surface area contributed by atoms with Gasteiger partial charge in [0.1, 0.15) is 5.60 Å². The summed E-state index contributed by atoms with van der Waals surface area (Å²) in [5.41, 5.74) is -0.395. The Kier molecular flexibility index (Phi) is 4.84. The van der Waals surface area contributed by atoms with Crippen LogP contribution in [-0.2, 0) is 4.74 Å². The minimum Gasteiger partial charge on any atom is -0.444 e. The van der Waals surface area contributed by atoms with E-state index < -0.39 is 5.60 Å². The van der Waals surface area contributed by atoms with Crippen LogP contribution in [0.2, 0.25) is 0 Å². The van der Waals surface area contributed by atoms with Crippen LogP contribution >= 0.6 is 0 Å². The topological polar surface area (TPSA) is 29.5 Å². The number of ether oxygens (including phenoxy) is 1. The summed E-state index contributed by atoms with van der Waals surface area (Å²) in [5, 5.41) is 0. The van der Waals surface area contributed by atoms with Crippen LogP contribution in [-0.4, -0.2) is 29.7 Å². The Hall–Kier alpha value is -0.990. The Morgan fingerprint density at radius 3 is 2.06 bits per heavy atom. The van der Waals surface area contributed by atoms with Crippen LogP contribution in [0.1, 0.15) is 46.5 Å². The van der Waals surface area contributed by atoms with Gasteiger partial charge in [-0.1, -0.05) is 12.2 Å². The highest BCUT2D eigenvalue weighted by atomic mass is 16.6. The molecule has 0 N–H and O–H groups in total. The zero-order chi connectivity index (χ0) is 12.0. The van der Waals surface area contributed by atoms with Gasteiger partial charge in [0, 0.05) is 13.1 Å². The van der Waals surface area contributed by atoms with Crippen LogP contribution in [0.15, 0.2) is 12.2 Å². The Morgan fingerprint density at radius 1 is 1.12 bits per heavy atom. The maximum atomic E-state index is 11.9. The number of rotatable bonds is 0. The lowest BCUT2D eigenvalue weighted by atomic mass is 10.2. The molecule has 0 saturated carbocycles. The lowest BCUT2D eigenvalue weighted by Crippen LogP contribution is -2.37. The zero-order valence-corrected chi connectivity index (χ0v) is 10.7.